The highest BCUT2D eigenvalue weighted by atomic mass is 16.2. The van der Waals surface area contributed by atoms with E-state index in [2.05, 4.69) is 10.3 Å². The molecule has 1 N–H and O–H groups in total. The van der Waals surface area contributed by atoms with Crippen LogP contribution in [0.3, 0.4) is 0 Å². The van der Waals surface area contributed by atoms with Crippen LogP contribution in [0.15, 0.2) is 90.0 Å². The number of fused-ring (bicyclic) bond motifs is 1. The minimum absolute atomic E-state index is 0.189. The van der Waals surface area contributed by atoms with Gasteiger partial charge in [0.25, 0.3) is 5.56 Å². The fraction of sp³-hybridized carbons (Fsp3) is 0.0435. The second-order valence-electron chi connectivity index (χ2n) is 6.48. The van der Waals surface area contributed by atoms with E-state index in [4.69, 9.17) is 0 Å². The molecule has 0 aliphatic rings. The van der Waals surface area contributed by atoms with Crippen LogP contribution in [0.1, 0.15) is 15.9 Å². The van der Waals surface area contributed by atoms with E-state index < -0.39 is 5.91 Å². The Morgan fingerprint density at radius 3 is 2.38 bits per heavy atom. The molecule has 3 aromatic carbocycles. The number of hydrogen-bond acceptors (Lipinski definition) is 4. The number of hydrogen-bond donors (Lipinski definition) is 1. The zero-order valence-corrected chi connectivity index (χ0v) is 15.4. The number of amides is 1. The van der Waals surface area contributed by atoms with Crippen molar-refractivity contribution in [2.45, 2.75) is 6.54 Å². The summed E-state index contributed by atoms with van der Waals surface area (Å²) in [5.41, 5.74) is 1.60. The monoisotopic (exact) mass is 383 g/mol. The Morgan fingerprint density at radius 1 is 0.862 bits per heavy atom. The first-order valence-electron chi connectivity index (χ1n) is 9.06. The lowest BCUT2D eigenvalue weighted by molar-refractivity contribution is -0.116. The average Bonchev–Trinajstić information content (AvgIpc) is 2.76. The van der Waals surface area contributed by atoms with Crippen LogP contribution in [0.4, 0.5) is 5.69 Å². The maximum Gasteiger partial charge on any atom is 0.261 e. The van der Waals surface area contributed by atoms with Crippen LogP contribution in [0.2, 0.25) is 0 Å². The third kappa shape index (κ3) is 3.82. The Bertz CT molecular complexity index is 1260. The normalized spacial score (nSPS) is 10.6. The molecule has 0 fully saturated rings. The number of carbonyl (C=O) groups is 2. The van der Waals surface area contributed by atoms with Crippen molar-refractivity contribution in [2.24, 2.45) is 0 Å². The summed E-state index contributed by atoms with van der Waals surface area (Å²) in [6, 6.07) is 22.6. The number of nitrogens with zero attached hydrogens (tertiary/aromatic N) is 2. The highest BCUT2D eigenvalue weighted by Crippen LogP contribution is 2.19. The molecule has 142 valence electrons. The molecule has 0 bridgehead atoms. The van der Waals surface area contributed by atoms with Crippen molar-refractivity contribution in [2.75, 3.05) is 5.32 Å². The Kier molecular flexibility index (Phi) is 4.99. The van der Waals surface area contributed by atoms with Crippen molar-refractivity contribution in [1.82, 2.24) is 9.55 Å². The minimum Gasteiger partial charge on any atom is -0.324 e. The zero-order valence-electron chi connectivity index (χ0n) is 15.4. The van der Waals surface area contributed by atoms with Gasteiger partial charge in [-0.2, -0.15) is 0 Å². The quantitative estimate of drug-likeness (QED) is 0.537. The molecule has 6 heteroatoms. The van der Waals surface area contributed by atoms with E-state index in [1.54, 1.807) is 72.8 Å². The van der Waals surface area contributed by atoms with E-state index in [-0.39, 0.29) is 17.9 Å². The van der Waals surface area contributed by atoms with Gasteiger partial charge < -0.3 is 5.32 Å². The molecular formula is C23H17N3O3. The summed E-state index contributed by atoms with van der Waals surface area (Å²) in [5, 5.41) is 3.18. The Hall–Kier alpha value is -4.06. The fourth-order valence-corrected chi connectivity index (χ4v) is 3.10. The maximum atomic E-state index is 12.8. The highest BCUT2D eigenvalue weighted by Gasteiger charge is 2.15. The van der Waals surface area contributed by atoms with Crippen LogP contribution in [-0.2, 0) is 11.3 Å². The number of anilines is 1. The van der Waals surface area contributed by atoms with Gasteiger partial charge in [-0.3, -0.25) is 19.0 Å². The molecule has 4 rings (SSSR count). The van der Waals surface area contributed by atoms with E-state index in [0.29, 0.717) is 27.7 Å². The molecule has 1 amide bonds. The molecular weight excluding hydrogens is 366 g/mol. The second-order valence-corrected chi connectivity index (χ2v) is 6.48. The van der Waals surface area contributed by atoms with Crippen LogP contribution in [0.5, 0.6) is 0 Å². The second kappa shape index (κ2) is 7.90. The van der Waals surface area contributed by atoms with E-state index in [0.717, 1.165) is 0 Å². The summed E-state index contributed by atoms with van der Waals surface area (Å²) < 4.78 is 1.25. The molecule has 6 nitrogen and oxygen atoms in total. The van der Waals surface area contributed by atoms with Gasteiger partial charge in [-0.25, -0.2) is 4.98 Å². The number of aromatic nitrogens is 2. The van der Waals surface area contributed by atoms with E-state index in [9.17, 15) is 14.4 Å². The molecule has 4 aromatic rings. The first kappa shape index (κ1) is 18.3. The molecule has 0 saturated carbocycles. The molecule has 0 aliphatic carbocycles. The van der Waals surface area contributed by atoms with Gasteiger partial charge >= 0.3 is 0 Å². The Morgan fingerprint density at radius 2 is 1.55 bits per heavy atom. The first-order valence-corrected chi connectivity index (χ1v) is 9.06. The predicted octanol–water partition coefficient (Wildman–Crippen LogP) is 3.27. The molecule has 0 unspecified atom stereocenters. The molecule has 29 heavy (non-hydrogen) atoms. The van der Waals surface area contributed by atoms with Crippen LogP contribution < -0.4 is 10.9 Å². The summed E-state index contributed by atoms with van der Waals surface area (Å²) in [5.74, 6) is -0.608. The van der Waals surface area contributed by atoms with Gasteiger partial charge in [-0.15, -0.1) is 0 Å². The first-order chi connectivity index (χ1) is 14.1. The van der Waals surface area contributed by atoms with Crippen LogP contribution in [0, 0.1) is 0 Å². The average molecular weight is 383 g/mol. The lowest BCUT2D eigenvalue weighted by atomic mass is 10.0. The molecule has 0 spiro atoms. The van der Waals surface area contributed by atoms with Crippen molar-refractivity contribution in [1.29, 1.82) is 0 Å². The van der Waals surface area contributed by atoms with Crippen LogP contribution in [0.25, 0.3) is 10.9 Å². The van der Waals surface area contributed by atoms with Crippen molar-refractivity contribution >= 4 is 28.3 Å². The van der Waals surface area contributed by atoms with Gasteiger partial charge in [0.1, 0.15) is 6.54 Å². The molecule has 1 aromatic heterocycles. The third-order valence-electron chi connectivity index (χ3n) is 4.53. The summed E-state index contributed by atoms with van der Waals surface area (Å²) in [6.45, 7) is -0.204. The number of ketones is 1. The molecule has 0 radical (unpaired) electrons. The largest absolute Gasteiger partial charge is 0.324 e. The predicted molar refractivity (Wildman–Crippen MR) is 111 cm³/mol. The Labute approximate surface area is 166 Å². The molecule has 0 atom stereocenters. The van der Waals surface area contributed by atoms with E-state index in [1.165, 1.54) is 10.9 Å². The summed E-state index contributed by atoms with van der Waals surface area (Å²) in [4.78, 5) is 42.1. The number of nitrogens with one attached hydrogen (secondary N) is 1. The van der Waals surface area contributed by atoms with Gasteiger partial charge in [-0.05, 0) is 24.3 Å². The van der Waals surface area contributed by atoms with Crippen molar-refractivity contribution in [3.05, 3.63) is 107 Å². The smallest absolute Gasteiger partial charge is 0.261 e. The van der Waals surface area contributed by atoms with Crippen molar-refractivity contribution < 1.29 is 9.59 Å². The highest BCUT2D eigenvalue weighted by molar-refractivity contribution is 6.13. The van der Waals surface area contributed by atoms with Gasteiger partial charge in [0.2, 0.25) is 5.91 Å². The zero-order chi connectivity index (χ0) is 20.2. The number of benzene rings is 3. The van der Waals surface area contributed by atoms with Gasteiger partial charge in [-0.1, -0.05) is 54.6 Å². The lowest BCUT2D eigenvalue weighted by Gasteiger charge is -2.11. The van der Waals surface area contributed by atoms with Gasteiger partial charge in [0.05, 0.1) is 22.9 Å². The number of rotatable bonds is 5. The topological polar surface area (TPSA) is 81.1 Å². The van der Waals surface area contributed by atoms with E-state index in [1.807, 2.05) is 6.07 Å². The molecule has 1 heterocycles. The lowest BCUT2D eigenvalue weighted by Crippen LogP contribution is -2.28. The van der Waals surface area contributed by atoms with Gasteiger partial charge in [0.15, 0.2) is 5.78 Å². The maximum absolute atomic E-state index is 12.8. The van der Waals surface area contributed by atoms with Crippen LogP contribution in [-0.4, -0.2) is 21.2 Å². The third-order valence-corrected chi connectivity index (χ3v) is 4.53. The van der Waals surface area contributed by atoms with Crippen molar-refractivity contribution in [3.63, 3.8) is 0 Å². The minimum atomic E-state index is -0.419. The van der Waals surface area contributed by atoms with Crippen LogP contribution >= 0.6 is 0 Å². The number of carbonyl (C=O) groups excluding carboxylic acids is 2. The van der Waals surface area contributed by atoms with Gasteiger partial charge in [0, 0.05) is 11.1 Å². The summed E-state index contributed by atoms with van der Waals surface area (Å²) in [7, 11) is 0. The molecule has 0 aliphatic heterocycles. The Balaban J connectivity index is 1.58. The van der Waals surface area contributed by atoms with E-state index >= 15 is 0 Å². The van der Waals surface area contributed by atoms with Crippen molar-refractivity contribution in [3.8, 4) is 0 Å². The fourth-order valence-electron chi connectivity index (χ4n) is 3.10. The molecule has 0 saturated heterocycles. The number of para-hydroxylation sites is 2. The standard InChI is InChI=1S/C23H17N3O3/c27-21(14-26-15-24-19-12-6-5-11-18(19)23(26)29)25-20-13-7-4-10-17(20)22(28)16-8-2-1-3-9-16/h1-13,15H,14H2,(H,25,27). The summed E-state index contributed by atoms with van der Waals surface area (Å²) in [6.07, 6.45) is 1.35. The summed E-state index contributed by atoms with van der Waals surface area (Å²) >= 11 is 0. The SMILES string of the molecule is O=C(Cn1cnc2ccccc2c1=O)Nc1ccccc1C(=O)c1ccccc1.